The number of amides is 1. The van der Waals surface area contributed by atoms with Gasteiger partial charge >= 0.3 is 6.18 Å². The van der Waals surface area contributed by atoms with E-state index in [0.29, 0.717) is 18.5 Å². The first-order valence-corrected chi connectivity index (χ1v) is 13.4. The molecule has 0 aromatic heterocycles. The molecular weight excluding hydrogens is 495 g/mol. The molecule has 201 valence electrons. The number of benzene rings is 4. The molecule has 5 heteroatoms. The van der Waals surface area contributed by atoms with E-state index in [0.717, 1.165) is 46.4 Å². The molecule has 0 aliphatic heterocycles. The van der Waals surface area contributed by atoms with Crippen molar-refractivity contribution in [3.8, 4) is 11.1 Å². The summed E-state index contributed by atoms with van der Waals surface area (Å²) in [6.07, 6.45) is 2.92. The Hall–Kier alpha value is -3.86. The number of hydrogen-bond acceptors (Lipinski definition) is 1. The third-order valence-corrected chi connectivity index (χ3v) is 6.77. The van der Waals surface area contributed by atoms with Gasteiger partial charge in [0.1, 0.15) is 0 Å². The van der Waals surface area contributed by atoms with Gasteiger partial charge in [-0.05, 0) is 83.3 Å². The summed E-state index contributed by atoms with van der Waals surface area (Å²) in [5.41, 5.74) is 6.07. The molecule has 1 N–H and O–H groups in total. The molecule has 0 atom stereocenters. The van der Waals surface area contributed by atoms with Crippen molar-refractivity contribution < 1.29 is 18.0 Å². The number of aryl methyl sites for hydroxylation is 1. The van der Waals surface area contributed by atoms with E-state index in [-0.39, 0.29) is 5.91 Å². The van der Waals surface area contributed by atoms with Crippen LogP contribution in [0.5, 0.6) is 0 Å². The summed E-state index contributed by atoms with van der Waals surface area (Å²) >= 11 is 0. The van der Waals surface area contributed by atoms with Gasteiger partial charge in [0.25, 0.3) is 5.91 Å². The van der Waals surface area contributed by atoms with E-state index in [1.54, 1.807) is 0 Å². The van der Waals surface area contributed by atoms with E-state index in [4.69, 9.17) is 0 Å². The Morgan fingerprint density at radius 1 is 0.769 bits per heavy atom. The van der Waals surface area contributed by atoms with Crippen molar-refractivity contribution in [2.75, 3.05) is 0 Å². The largest absolute Gasteiger partial charge is 0.416 e. The smallest absolute Gasteiger partial charge is 0.348 e. The molecule has 0 saturated heterocycles. The second kappa shape index (κ2) is 13.3. The Balaban J connectivity index is 1.31. The summed E-state index contributed by atoms with van der Waals surface area (Å²) < 4.78 is 38.2. The Bertz CT molecular complexity index is 1340. The molecule has 4 rings (SSSR count). The SMILES string of the molecule is CCCCCc1ccc(CNC(=O)c2cccc(-c3ccc(C[CH]c4ccc(C(F)(F)F)cc4)cc3)c2)cc1. The summed E-state index contributed by atoms with van der Waals surface area (Å²) in [7, 11) is 0. The number of alkyl halides is 3. The third kappa shape index (κ3) is 8.31. The van der Waals surface area contributed by atoms with Crippen LogP contribution in [0.25, 0.3) is 11.1 Å². The van der Waals surface area contributed by atoms with Gasteiger partial charge in [-0.25, -0.2) is 0 Å². The maximum atomic E-state index is 12.8. The minimum Gasteiger partial charge on any atom is -0.348 e. The van der Waals surface area contributed by atoms with Crippen molar-refractivity contribution in [2.45, 2.75) is 51.7 Å². The molecule has 0 spiro atoms. The topological polar surface area (TPSA) is 29.1 Å². The van der Waals surface area contributed by atoms with Gasteiger partial charge in [-0.15, -0.1) is 0 Å². The fraction of sp³-hybridized carbons (Fsp3) is 0.235. The fourth-order valence-electron chi connectivity index (χ4n) is 4.40. The van der Waals surface area contributed by atoms with Crippen LogP contribution in [0, 0.1) is 6.42 Å². The quantitative estimate of drug-likeness (QED) is 0.194. The highest BCUT2D eigenvalue weighted by atomic mass is 19.4. The predicted octanol–water partition coefficient (Wildman–Crippen LogP) is 8.83. The fourth-order valence-corrected chi connectivity index (χ4v) is 4.40. The monoisotopic (exact) mass is 528 g/mol. The van der Waals surface area contributed by atoms with Crippen LogP contribution >= 0.6 is 0 Å². The molecule has 0 aliphatic rings. The summed E-state index contributed by atoms with van der Waals surface area (Å²) in [6.45, 7) is 2.68. The van der Waals surface area contributed by atoms with Crippen molar-refractivity contribution in [3.05, 3.63) is 137 Å². The second-order valence-electron chi connectivity index (χ2n) is 9.76. The van der Waals surface area contributed by atoms with E-state index < -0.39 is 11.7 Å². The van der Waals surface area contributed by atoms with E-state index in [1.165, 1.54) is 37.0 Å². The third-order valence-electron chi connectivity index (χ3n) is 6.77. The highest BCUT2D eigenvalue weighted by Crippen LogP contribution is 2.29. The van der Waals surface area contributed by atoms with Crippen molar-refractivity contribution in [1.82, 2.24) is 5.32 Å². The van der Waals surface area contributed by atoms with Gasteiger partial charge in [0.2, 0.25) is 0 Å². The maximum Gasteiger partial charge on any atom is 0.416 e. The van der Waals surface area contributed by atoms with Gasteiger partial charge < -0.3 is 5.32 Å². The summed E-state index contributed by atoms with van der Waals surface area (Å²) in [6, 6.07) is 29.1. The van der Waals surface area contributed by atoms with E-state index in [1.807, 2.05) is 55.0 Å². The predicted molar refractivity (Wildman–Crippen MR) is 151 cm³/mol. The van der Waals surface area contributed by atoms with Gasteiger partial charge in [-0.1, -0.05) is 92.6 Å². The van der Waals surface area contributed by atoms with Crippen molar-refractivity contribution in [2.24, 2.45) is 0 Å². The van der Waals surface area contributed by atoms with Crippen molar-refractivity contribution >= 4 is 5.91 Å². The molecule has 4 aromatic carbocycles. The molecule has 2 nitrogen and oxygen atoms in total. The van der Waals surface area contributed by atoms with Crippen molar-refractivity contribution in [3.63, 3.8) is 0 Å². The number of carbonyl (C=O) groups excluding carboxylic acids is 1. The second-order valence-corrected chi connectivity index (χ2v) is 9.76. The Morgan fingerprint density at radius 2 is 1.44 bits per heavy atom. The zero-order valence-corrected chi connectivity index (χ0v) is 22.1. The molecule has 4 aromatic rings. The van der Waals surface area contributed by atoms with Crippen LogP contribution in [0.1, 0.15) is 64.4 Å². The first kappa shape index (κ1) is 28.2. The summed E-state index contributed by atoms with van der Waals surface area (Å²) in [5.74, 6) is -0.119. The van der Waals surface area contributed by atoms with Gasteiger partial charge in [-0.2, -0.15) is 13.2 Å². The molecule has 0 aliphatic carbocycles. The van der Waals surface area contributed by atoms with Crippen LogP contribution in [0.2, 0.25) is 0 Å². The Kier molecular flexibility index (Phi) is 9.59. The van der Waals surface area contributed by atoms with Gasteiger partial charge in [0.15, 0.2) is 0 Å². The average Bonchev–Trinajstić information content (AvgIpc) is 2.96. The number of carbonyl (C=O) groups is 1. The molecule has 39 heavy (non-hydrogen) atoms. The number of hydrogen-bond donors (Lipinski definition) is 1. The van der Waals surface area contributed by atoms with Gasteiger partial charge in [0.05, 0.1) is 5.56 Å². The lowest BCUT2D eigenvalue weighted by Gasteiger charge is -2.09. The lowest BCUT2D eigenvalue weighted by molar-refractivity contribution is -0.137. The molecule has 1 amide bonds. The van der Waals surface area contributed by atoms with E-state index >= 15 is 0 Å². The van der Waals surface area contributed by atoms with Crippen LogP contribution in [0.4, 0.5) is 13.2 Å². The maximum absolute atomic E-state index is 12.8. The van der Waals surface area contributed by atoms with Crippen LogP contribution < -0.4 is 5.32 Å². The first-order chi connectivity index (χ1) is 18.8. The molecule has 0 bridgehead atoms. The van der Waals surface area contributed by atoms with Crippen LogP contribution in [-0.4, -0.2) is 5.91 Å². The van der Waals surface area contributed by atoms with E-state index in [2.05, 4.69) is 36.5 Å². The molecular formula is C34H33F3NO. The normalized spacial score (nSPS) is 11.4. The molecule has 0 saturated carbocycles. The average molecular weight is 529 g/mol. The Morgan fingerprint density at radius 3 is 2.10 bits per heavy atom. The number of halogens is 3. The van der Waals surface area contributed by atoms with Crippen LogP contribution in [0.15, 0.2) is 97.1 Å². The van der Waals surface area contributed by atoms with Gasteiger partial charge in [0, 0.05) is 12.1 Å². The number of unbranched alkanes of at least 4 members (excludes halogenated alkanes) is 2. The van der Waals surface area contributed by atoms with Crippen LogP contribution in [0.3, 0.4) is 0 Å². The van der Waals surface area contributed by atoms with Crippen LogP contribution in [-0.2, 0) is 25.6 Å². The summed E-state index contributed by atoms with van der Waals surface area (Å²) in [5, 5.41) is 3.01. The standard InChI is InChI=1S/C34H33F3NO/c1-2-3-4-6-25-11-13-28(14-12-25)24-38-33(39)31-8-5-7-30(23-31)29-19-15-26(16-20-29)9-10-27-17-21-32(22-18-27)34(35,36)37/h5,7-8,10-23H,2-4,6,9,24H2,1H3,(H,38,39). The van der Waals surface area contributed by atoms with Gasteiger partial charge in [-0.3, -0.25) is 4.79 Å². The highest BCUT2D eigenvalue weighted by Gasteiger charge is 2.29. The zero-order valence-electron chi connectivity index (χ0n) is 22.1. The molecule has 0 unspecified atom stereocenters. The van der Waals surface area contributed by atoms with Crippen molar-refractivity contribution in [1.29, 1.82) is 0 Å². The number of nitrogens with one attached hydrogen (secondary N) is 1. The molecule has 0 heterocycles. The zero-order chi connectivity index (χ0) is 27.7. The molecule has 1 radical (unpaired) electrons. The number of rotatable bonds is 11. The summed E-state index contributed by atoms with van der Waals surface area (Å²) in [4.78, 5) is 12.8. The minimum atomic E-state index is -4.33. The lowest BCUT2D eigenvalue weighted by Crippen LogP contribution is -2.22. The Labute approximate surface area is 228 Å². The highest BCUT2D eigenvalue weighted by molar-refractivity contribution is 5.95. The first-order valence-electron chi connectivity index (χ1n) is 13.4. The molecule has 0 fully saturated rings. The lowest BCUT2D eigenvalue weighted by atomic mass is 9.99. The minimum absolute atomic E-state index is 0.119. The van der Waals surface area contributed by atoms with E-state index in [9.17, 15) is 18.0 Å².